The Morgan fingerprint density at radius 3 is 2.50 bits per heavy atom. The molecule has 1 fully saturated rings. The molecule has 1 heterocycles. The van der Waals surface area contributed by atoms with Gasteiger partial charge in [0.1, 0.15) is 0 Å². The number of esters is 1. The third-order valence-electron chi connectivity index (χ3n) is 4.32. The highest BCUT2D eigenvalue weighted by Gasteiger charge is 2.29. The van der Waals surface area contributed by atoms with Crippen molar-refractivity contribution < 1.29 is 9.53 Å². The summed E-state index contributed by atoms with van der Waals surface area (Å²) in [5.74, 6) is 0.706. The minimum absolute atomic E-state index is 0.0381. The highest BCUT2D eigenvalue weighted by Crippen LogP contribution is 2.24. The second-order valence-electron chi connectivity index (χ2n) is 5.42. The third kappa shape index (κ3) is 4.25. The van der Waals surface area contributed by atoms with Crippen molar-refractivity contribution >= 4 is 5.97 Å². The lowest BCUT2D eigenvalue weighted by atomic mass is 9.91. The van der Waals surface area contributed by atoms with Crippen molar-refractivity contribution in [1.29, 1.82) is 0 Å². The molecule has 0 aromatic carbocycles. The van der Waals surface area contributed by atoms with Crippen molar-refractivity contribution in [1.82, 2.24) is 10.2 Å². The Kier molecular flexibility index (Phi) is 6.65. The zero-order chi connectivity index (χ0) is 13.5. The minimum Gasteiger partial charge on any atom is -0.469 e. The quantitative estimate of drug-likeness (QED) is 0.731. The van der Waals surface area contributed by atoms with Crippen LogP contribution in [0.25, 0.3) is 0 Å². The molecule has 0 amide bonds. The van der Waals surface area contributed by atoms with Gasteiger partial charge < -0.3 is 10.1 Å². The molecule has 106 valence electrons. The summed E-state index contributed by atoms with van der Waals surface area (Å²) in [6, 6.07) is 0.280. The molecule has 2 atom stereocenters. The van der Waals surface area contributed by atoms with Gasteiger partial charge >= 0.3 is 5.97 Å². The number of ether oxygens (including phenoxy) is 1. The van der Waals surface area contributed by atoms with Crippen LogP contribution in [0.5, 0.6) is 0 Å². The number of piperidine rings is 1. The molecule has 0 aliphatic carbocycles. The first-order valence-electron chi connectivity index (χ1n) is 7.06. The lowest BCUT2D eigenvalue weighted by Gasteiger charge is -2.37. The minimum atomic E-state index is -0.0974. The second kappa shape index (κ2) is 7.74. The van der Waals surface area contributed by atoms with E-state index in [1.807, 2.05) is 14.0 Å². The van der Waals surface area contributed by atoms with Gasteiger partial charge in [-0.3, -0.25) is 9.69 Å². The fourth-order valence-corrected chi connectivity index (χ4v) is 2.70. The molecule has 1 aliphatic rings. The van der Waals surface area contributed by atoms with E-state index in [0.29, 0.717) is 0 Å². The van der Waals surface area contributed by atoms with Crippen LogP contribution in [-0.4, -0.2) is 50.7 Å². The van der Waals surface area contributed by atoms with Gasteiger partial charge in [-0.2, -0.15) is 0 Å². The molecular formula is C14H28N2O2. The van der Waals surface area contributed by atoms with Gasteiger partial charge in [0.05, 0.1) is 13.0 Å². The van der Waals surface area contributed by atoms with E-state index < -0.39 is 0 Å². The maximum absolute atomic E-state index is 11.5. The third-order valence-corrected chi connectivity index (χ3v) is 4.32. The molecule has 4 heteroatoms. The number of nitrogens with one attached hydrogen (secondary N) is 1. The van der Waals surface area contributed by atoms with E-state index in [1.54, 1.807) is 0 Å². The van der Waals surface area contributed by atoms with Crippen molar-refractivity contribution in [3.05, 3.63) is 0 Å². The van der Waals surface area contributed by atoms with Gasteiger partial charge in [-0.05, 0) is 58.8 Å². The summed E-state index contributed by atoms with van der Waals surface area (Å²) in [5.41, 5.74) is 0. The number of hydrogen-bond donors (Lipinski definition) is 1. The normalized spacial score (nSPS) is 21.6. The summed E-state index contributed by atoms with van der Waals surface area (Å²) < 4.78 is 4.82. The standard InChI is InChI=1S/C14H28N2O2/c1-11(14(17)18-4)12(2)16-9-6-13(7-10-16)5-8-15-3/h11-13,15H,5-10H2,1-4H3. The van der Waals surface area contributed by atoms with Crippen LogP contribution in [0.2, 0.25) is 0 Å². The molecule has 0 saturated carbocycles. The lowest BCUT2D eigenvalue weighted by Crippen LogP contribution is -2.45. The maximum atomic E-state index is 11.5. The average molecular weight is 256 g/mol. The summed E-state index contributed by atoms with van der Waals surface area (Å²) >= 11 is 0. The largest absolute Gasteiger partial charge is 0.469 e. The van der Waals surface area contributed by atoms with Gasteiger partial charge in [0.2, 0.25) is 0 Å². The molecule has 2 unspecified atom stereocenters. The van der Waals surface area contributed by atoms with Crippen LogP contribution >= 0.6 is 0 Å². The van der Waals surface area contributed by atoms with Gasteiger partial charge in [0.15, 0.2) is 0 Å². The number of nitrogens with zero attached hydrogens (tertiary/aromatic N) is 1. The topological polar surface area (TPSA) is 41.6 Å². The Morgan fingerprint density at radius 2 is 2.00 bits per heavy atom. The van der Waals surface area contributed by atoms with E-state index >= 15 is 0 Å². The highest BCUT2D eigenvalue weighted by atomic mass is 16.5. The maximum Gasteiger partial charge on any atom is 0.309 e. The summed E-state index contributed by atoms with van der Waals surface area (Å²) in [4.78, 5) is 14.0. The molecular weight excluding hydrogens is 228 g/mol. The first kappa shape index (κ1) is 15.4. The first-order chi connectivity index (χ1) is 8.60. The van der Waals surface area contributed by atoms with Crippen molar-refractivity contribution in [3.63, 3.8) is 0 Å². The number of carbonyl (C=O) groups is 1. The molecule has 0 bridgehead atoms. The van der Waals surface area contributed by atoms with E-state index in [9.17, 15) is 4.79 Å². The summed E-state index contributed by atoms with van der Waals surface area (Å²) in [7, 11) is 3.48. The zero-order valence-electron chi connectivity index (χ0n) is 12.2. The van der Waals surface area contributed by atoms with E-state index in [1.165, 1.54) is 26.4 Å². The van der Waals surface area contributed by atoms with Gasteiger partial charge in [-0.25, -0.2) is 0 Å². The zero-order valence-corrected chi connectivity index (χ0v) is 12.2. The number of likely N-dealkylation sites (tertiary alicyclic amines) is 1. The fraction of sp³-hybridized carbons (Fsp3) is 0.929. The van der Waals surface area contributed by atoms with Gasteiger partial charge in [0, 0.05) is 6.04 Å². The molecule has 0 aromatic heterocycles. The van der Waals surface area contributed by atoms with Crippen molar-refractivity contribution in [2.75, 3.05) is 33.8 Å². The van der Waals surface area contributed by atoms with Crippen LogP contribution in [0.15, 0.2) is 0 Å². The molecule has 1 saturated heterocycles. The Bertz CT molecular complexity index is 250. The lowest BCUT2D eigenvalue weighted by molar-refractivity contribution is -0.147. The van der Waals surface area contributed by atoms with Crippen LogP contribution in [0.3, 0.4) is 0 Å². The van der Waals surface area contributed by atoms with Crippen LogP contribution in [0.4, 0.5) is 0 Å². The fourth-order valence-electron chi connectivity index (χ4n) is 2.70. The number of rotatable bonds is 6. The SMILES string of the molecule is CNCCC1CCN(C(C)C(C)C(=O)OC)CC1. The first-order valence-corrected chi connectivity index (χ1v) is 7.06. The smallest absolute Gasteiger partial charge is 0.309 e. The van der Waals surface area contributed by atoms with E-state index in [4.69, 9.17) is 4.74 Å². The van der Waals surface area contributed by atoms with Crippen molar-refractivity contribution in [2.24, 2.45) is 11.8 Å². The molecule has 4 nitrogen and oxygen atoms in total. The van der Waals surface area contributed by atoms with Gasteiger partial charge in [-0.15, -0.1) is 0 Å². The molecule has 18 heavy (non-hydrogen) atoms. The van der Waals surface area contributed by atoms with E-state index in [2.05, 4.69) is 17.1 Å². The van der Waals surface area contributed by atoms with Crippen molar-refractivity contribution in [2.45, 2.75) is 39.2 Å². The second-order valence-corrected chi connectivity index (χ2v) is 5.42. The summed E-state index contributed by atoms with van der Waals surface area (Å²) in [6.07, 6.45) is 3.77. The van der Waals surface area contributed by atoms with E-state index in [-0.39, 0.29) is 17.9 Å². The van der Waals surface area contributed by atoms with Crippen LogP contribution < -0.4 is 5.32 Å². The average Bonchev–Trinajstić information content (AvgIpc) is 2.43. The van der Waals surface area contributed by atoms with Gasteiger partial charge in [-0.1, -0.05) is 6.92 Å². The molecule has 1 rings (SSSR count). The summed E-state index contributed by atoms with van der Waals surface area (Å²) in [6.45, 7) is 7.42. The summed E-state index contributed by atoms with van der Waals surface area (Å²) in [5, 5.41) is 3.21. The molecule has 0 aromatic rings. The van der Waals surface area contributed by atoms with E-state index in [0.717, 1.165) is 25.6 Å². The van der Waals surface area contributed by atoms with Crippen LogP contribution in [-0.2, 0) is 9.53 Å². The molecule has 0 spiro atoms. The van der Waals surface area contributed by atoms with Crippen LogP contribution in [0, 0.1) is 11.8 Å². The van der Waals surface area contributed by atoms with Gasteiger partial charge in [0.25, 0.3) is 0 Å². The number of methoxy groups -OCH3 is 1. The Hall–Kier alpha value is -0.610. The molecule has 0 radical (unpaired) electrons. The highest BCUT2D eigenvalue weighted by molar-refractivity contribution is 5.72. The predicted molar refractivity (Wildman–Crippen MR) is 73.5 cm³/mol. The Labute approximate surface area is 111 Å². The number of carbonyl (C=O) groups excluding carboxylic acids is 1. The Balaban J connectivity index is 2.35. The predicted octanol–water partition coefficient (Wildman–Crippen LogP) is 1.51. The monoisotopic (exact) mass is 256 g/mol. The van der Waals surface area contributed by atoms with Crippen molar-refractivity contribution in [3.8, 4) is 0 Å². The molecule has 1 N–H and O–H groups in total. The van der Waals surface area contributed by atoms with Crippen LogP contribution in [0.1, 0.15) is 33.1 Å². The Morgan fingerprint density at radius 1 is 1.39 bits per heavy atom. The number of hydrogen-bond acceptors (Lipinski definition) is 4. The molecule has 1 aliphatic heterocycles.